The van der Waals surface area contributed by atoms with Crippen LogP contribution in [0, 0.1) is 13.8 Å². The number of methoxy groups -OCH3 is 1. The molecule has 8 heteroatoms. The van der Waals surface area contributed by atoms with Crippen LogP contribution in [0.1, 0.15) is 42.7 Å². The molecule has 0 saturated heterocycles. The van der Waals surface area contributed by atoms with Gasteiger partial charge in [-0.2, -0.15) is 0 Å². The summed E-state index contributed by atoms with van der Waals surface area (Å²) >= 11 is 3.11. The molecule has 150 valence electrons. The fourth-order valence-corrected chi connectivity index (χ4v) is 3.32. The first-order valence-corrected chi connectivity index (χ1v) is 9.44. The summed E-state index contributed by atoms with van der Waals surface area (Å²) in [6.07, 6.45) is 0. The van der Waals surface area contributed by atoms with Gasteiger partial charge in [-0.05, 0) is 72.2 Å². The van der Waals surface area contributed by atoms with Crippen molar-refractivity contribution in [3.8, 4) is 5.69 Å². The van der Waals surface area contributed by atoms with E-state index in [2.05, 4.69) is 15.9 Å². The molecule has 0 bridgehead atoms. The second-order valence-electron chi connectivity index (χ2n) is 6.26. The van der Waals surface area contributed by atoms with E-state index in [9.17, 15) is 14.4 Å². The third kappa shape index (κ3) is 4.32. The van der Waals surface area contributed by atoms with Gasteiger partial charge in [0.25, 0.3) is 0 Å². The SMILES string of the molecule is COC(=O)c1ccc(-n2c(C)cc(C(=O)COC(=O)c3ccc(Br)o3)c2C)cc1. The van der Waals surface area contributed by atoms with Gasteiger partial charge in [-0.3, -0.25) is 4.79 Å². The van der Waals surface area contributed by atoms with Gasteiger partial charge in [-0.15, -0.1) is 0 Å². The fraction of sp³-hybridized carbons (Fsp3) is 0.190. The quantitative estimate of drug-likeness (QED) is 0.403. The van der Waals surface area contributed by atoms with Crippen molar-refractivity contribution in [1.29, 1.82) is 0 Å². The number of rotatable bonds is 6. The van der Waals surface area contributed by atoms with E-state index in [-0.39, 0.29) is 11.5 Å². The molecule has 2 heterocycles. The molecule has 0 radical (unpaired) electrons. The molecule has 0 atom stereocenters. The number of nitrogens with zero attached hydrogens (tertiary/aromatic N) is 1. The molecule has 3 aromatic rings. The van der Waals surface area contributed by atoms with E-state index in [1.54, 1.807) is 43.3 Å². The van der Waals surface area contributed by atoms with Crippen molar-refractivity contribution in [3.05, 3.63) is 75.4 Å². The van der Waals surface area contributed by atoms with Gasteiger partial charge in [0.2, 0.25) is 11.5 Å². The molecule has 0 aliphatic rings. The second-order valence-corrected chi connectivity index (χ2v) is 7.04. The Bertz CT molecular complexity index is 1080. The van der Waals surface area contributed by atoms with Crippen LogP contribution >= 0.6 is 15.9 Å². The number of ether oxygens (including phenoxy) is 2. The Kier molecular flexibility index (Phi) is 6.03. The summed E-state index contributed by atoms with van der Waals surface area (Å²) in [5, 5.41) is 0. The smallest absolute Gasteiger partial charge is 0.374 e. The van der Waals surface area contributed by atoms with Crippen LogP contribution < -0.4 is 0 Å². The molecule has 1 aromatic carbocycles. The highest BCUT2D eigenvalue weighted by molar-refractivity contribution is 9.10. The lowest BCUT2D eigenvalue weighted by Crippen LogP contribution is -2.14. The van der Waals surface area contributed by atoms with Crippen molar-refractivity contribution in [2.75, 3.05) is 13.7 Å². The number of aryl methyl sites for hydroxylation is 1. The Hall–Kier alpha value is -3.13. The van der Waals surface area contributed by atoms with E-state index in [1.165, 1.54) is 13.2 Å². The summed E-state index contributed by atoms with van der Waals surface area (Å²) in [5.74, 6) is -1.44. The zero-order chi connectivity index (χ0) is 21.1. The maximum Gasteiger partial charge on any atom is 0.374 e. The summed E-state index contributed by atoms with van der Waals surface area (Å²) in [6, 6.07) is 11.6. The number of furan rings is 1. The molecule has 2 aromatic heterocycles. The van der Waals surface area contributed by atoms with Crippen molar-refractivity contribution in [1.82, 2.24) is 4.57 Å². The van der Waals surface area contributed by atoms with Crippen LogP contribution in [-0.4, -0.2) is 36.0 Å². The third-order valence-corrected chi connectivity index (χ3v) is 4.81. The van der Waals surface area contributed by atoms with E-state index in [4.69, 9.17) is 13.9 Å². The molecule has 0 amide bonds. The van der Waals surface area contributed by atoms with Crippen LogP contribution in [0.5, 0.6) is 0 Å². The molecular formula is C21H18BrNO6. The highest BCUT2D eigenvalue weighted by Gasteiger charge is 2.20. The van der Waals surface area contributed by atoms with Gasteiger partial charge in [-0.1, -0.05) is 0 Å². The number of carbonyl (C=O) groups excluding carboxylic acids is 3. The van der Waals surface area contributed by atoms with Crippen LogP contribution in [0.4, 0.5) is 0 Å². The number of esters is 2. The normalized spacial score (nSPS) is 10.6. The average Bonchev–Trinajstić information content (AvgIpc) is 3.28. The highest BCUT2D eigenvalue weighted by Crippen LogP contribution is 2.22. The van der Waals surface area contributed by atoms with Crippen molar-refractivity contribution in [2.24, 2.45) is 0 Å². The van der Waals surface area contributed by atoms with Gasteiger partial charge in [-0.25, -0.2) is 9.59 Å². The van der Waals surface area contributed by atoms with E-state index >= 15 is 0 Å². The minimum absolute atomic E-state index is 0.0147. The van der Waals surface area contributed by atoms with E-state index in [1.807, 2.05) is 11.5 Å². The summed E-state index contributed by atoms with van der Waals surface area (Å²) in [4.78, 5) is 36.1. The fourth-order valence-electron chi connectivity index (χ4n) is 3.01. The summed E-state index contributed by atoms with van der Waals surface area (Å²) in [6.45, 7) is 3.27. The van der Waals surface area contributed by atoms with Crippen molar-refractivity contribution in [3.63, 3.8) is 0 Å². The van der Waals surface area contributed by atoms with Gasteiger partial charge < -0.3 is 18.5 Å². The number of halogens is 1. The predicted molar refractivity (Wildman–Crippen MR) is 108 cm³/mol. The molecule has 0 N–H and O–H groups in total. The lowest BCUT2D eigenvalue weighted by molar-refractivity contribution is 0.0442. The summed E-state index contributed by atoms with van der Waals surface area (Å²) < 4.78 is 17.2. The van der Waals surface area contributed by atoms with Crippen LogP contribution in [0.25, 0.3) is 5.69 Å². The Morgan fingerprint density at radius 3 is 2.31 bits per heavy atom. The first-order valence-electron chi connectivity index (χ1n) is 8.65. The van der Waals surface area contributed by atoms with Crippen LogP contribution in [0.15, 0.2) is 51.6 Å². The topological polar surface area (TPSA) is 87.7 Å². The first-order chi connectivity index (χ1) is 13.8. The Balaban J connectivity index is 1.77. The highest BCUT2D eigenvalue weighted by atomic mass is 79.9. The van der Waals surface area contributed by atoms with Crippen molar-refractivity contribution < 1.29 is 28.3 Å². The summed E-state index contributed by atoms with van der Waals surface area (Å²) in [7, 11) is 1.33. The van der Waals surface area contributed by atoms with Gasteiger partial charge >= 0.3 is 11.9 Å². The molecule has 7 nitrogen and oxygen atoms in total. The first kappa shape index (κ1) is 20.6. The minimum Gasteiger partial charge on any atom is -0.465 e. The molecule has 3 rings (SSSR count). The Morgan fingerprint density at radius 1 is 1.03 bits per heavy atom. The molecule has 0 aliphatic heterocycles. The molecular weight excluding hydrogens is 442 g/mol. The predicted octanol–water partition coefficient (Wildman–Crippen LogP) is 4.28. The summed E-state index contributed by atoms with van der Waals surface area (Å²) in [5.41, 5.74) is 3.22. The number of aromatic nitrogens is 1. The van der Waals surface area contributed by atoms with E-state index in [0.717, 1.165) is 11.4 Å². The third-order valence-electron chi connectivity index (χ3n) is 4.39. The maximum atomic E-state index is 12.6. The van der Waals surface area contributed by atoms with Gasteiger partial charge in [0.05, 0.1) is 12.7 Å². The number of ketones is 1. The molecule has 0 aliphatic carbocycles. The monoisotopic (exact) mass is 459 g/mol. The Labute approximate surface area is 175 Å². The molecule has 0 unspecified atom stereocenters. The minimum atomic E-state index is -0.712. The molecule has 0 fully saturated rings. The van der Waals surface area contributed by atoms with Gasteiger partial charge in [0.1, 0.15) is 0 Å². The standard InChI is InChI=1S/C21H18BrNO6/c1-12-10-16(17(24)11-28-21(26)18-8-9-19(22)29-18)13(2)23(12)15-6-4-14(5-7-15)20(25)27-3/h4-10H,11H2,1-3H3. The molecule has 0 saturated carbocycles. The van der Waals surface area contributed by atoms with Crippen molar-refractivity contribution in [2.45, 2.75) is 13.8 Å². The maximum absolute atomic E-state index is 12.6. The van der Waals surface area contributed by atoms with E-state index in [0.29, 0.717) is 21.5 Å². The lowest BCUT2D eigenvalue weighted by atomic mass is 10.1. The molecule has 0 spiro atoms. The van der Waals surface area contributed by atoms with Crippen LogP contribution in [0.2, 0.25) is 0 Å². The van der Waals surface area contributed by atoms with Gasteiger partial charge in [0.15, 0.2) is 11.3 Å². The molecule has 29 heavy (non-hydrogen) atoms. The second kappa shape index (κ2) is 8.48. The number of Topliss-reactive ketones (excluding diaryl/α,β-unsaturated/α-hetero) is 1. The number of hydrogen-bond donors (Lipinski definition) is 0. The van der Waals surface area contributed by atoms with Gasteiger partial charge in [0, 0.05) is 22.6 Å². The largest absolute Gasteiger partial charge is 0.465 e. The Morgan fingerprint density at radius 2 is 1.72 bits per heavy atom. The number of hydrogen-bond acceptors (Lipinski definition) is 6. The zero-order valence-corrected chi connectivity index (χ0v) is 17.6. The number of benzene rings is 1. The van der Waals surface area contributed by atoms with Crippen LogP contribution in [0.3, 0.4) is 0 Å². The zero-order valence-electron chi connectivity index (χ0n) is 16.0. The lowest BCUT2D eigenvalue weighted by Gasteiger charge is -2.10. The average molecular weight is 460 g/mol. The number of carbonyl (C=O) groups is 3. The van der Waals surface area contributed by atoms with Crippen LogP contribution in [-0.2, 0) is 9.47 Å². The van der Waals surface area contributed by atoms with E-state index < -0.39 is 18.5 Å². The van der Waals surface area contributed by atoms with Crippen molar-refractivity contribution >= 4 is 33.7 Å².